The fraction of sp³-hybridized carbons (Fsp3) is 0.235. The number of hydrogen-bond donors (Lipinski definition) is 1. The Morgan fingerprint density at radius 1 is 0.962 bits per heavy atom. The van der Waals surface area contributed by atoms with E-state index in [2.05, 4.69) is 14.8 Å². The van der Waals surface area contributed by atoms with Crippen LogP contribution >= 0.6 is 0 Å². The monoisotopic (exact) mass is 367 g/mol. The highest BCUT2D eigenvalue weighted by Crippen LogP contribution is 2.42. The molecule has 1 N–H and O–H groups in total. The van der Waals surface area contributed by atoms with Crippen LogP contribution < -0.4 is 29.0 Å². The Labute approximate surface area is 147 Å². The Morgan fingerprint density at radius 2 is 1.58 bits per heavy atom. The number of carbonyl (C=O) groups is 1. The summed E-state index contributed by atoms with van der Waals surface area (Å²) < 4.78 is 50.4. The highest BCUT2D eigenvalue weighted by Gasteiger charge is 2.43. The number of carbonyl (C=O) groups excluding carboxylic acids is 1. The number of hydrogen-bond acceptors (Lipinski definition) is 6. The molecule has 2 aromatic rings. The highest BCUT2D eigenvalue weighted by atomic mass is 19.3. The summed E-state index contributed by atoms with van der Waals surface area (Å²) >= 11 is 0. The van der Waals surface area contributed by atoms with Gasteiger partial charge in [0.05, 0.1) is 21.3 Å². The minimum Gasteiger partial charge on any atom is -0.493 e. The molecular formula is C17H15F2NO6. The fourth-order valence-electron chi connectivity index (χ4n) is 2.44. The number of ether oxygens (including phenoxy) is 5. The van der Waals surface area contributed by atoms with E-state index < -0.39 is 12.2 Å². The number of nitrogens with one attached hydrogen (secondary N) is 1. The van der Waals surface area contributed by atoms with Gasteiger partial charge >= 0.3 is 6.29 Å². The largest absolute Gasteiger partial charge is 0.586 e. The first-order chi connectivity index (χ1) is 12.4. The molecule has 1 amide bonds. The second kappa shape index (κ2) is 6.58. The topological polar surface area (TPSA) is 75.3 Å². The zero-order valence-electron chi connectivity index (χ0n) is 14.1. The lowest BCUT2D eigenvalue weighted by atomic mass is 10.1. The third kappa shape index (κ3) is 3.28. The van der Waals surface area contributed by atoms with Gasteiger partial charge in [0.2, 0.25) is 5.75 Å². The zero-order chi connectivity index (χ0) is 18.9. The molecule has 0 radical (unpaired) electrons. The van der Waals surface area contributed by atoms with E-state index in [0.717, 1.165) is 0 Å². The van der Waals surface area contributed by atoms with Gasteiger partial charge in [0.25, 0.3) is 5.91 Å². The molecule has 1 heterocycles. The maximum atomic E-state index is 13.1. The SMILES string of the molecule is COc1cc(C(=O)Nc2ccc3c(c2)OC(F)(F)O3)cc(OC)c1OC. The van der Waals surface area contributed by atoms with Gasteiger partial charge in [0.1, 0.15) is 0 Å². The van der Waals surface area contributed by atoms with E-state index in [9.17, 15) is 13.6 Å². The van der Waals surface area contributed by atoms with Crippen molar-refractivity contribution in [2.75, 3.05) is 26.6 Å². The van der Waals surface area contributed by atoms with Crippen molar-refractivity contribution in [2.45, 2.75) is 6.29 Å². The van der Waals surface area contributed by atoms with E-state index in [0.29, 0.717) is 17.2 Å². The smallest absolute Gasteiger partial charge is 0.493 e. The number of halogens is 2. The molecule has 0 bridgehead atoms. The lowest BCUT2D eigenvalue weighted by Crippen LogP contribution is -2.25. The summed E-state index contributed by atoms with van der Waals surface area (Å²) in [5, 5.41) is 2.58. The van der Waals surface area contributed by atoms with Crippen LogP contribution in [0.2, 0.25) is 0 Å². The molecule has 7 nitrogen and oxygen atoms in total. The second-order valence-corrected chi connectivity index (χ2v) is 5.20. The second-order valence-electron chi connectivity index (χ2n) is 5.20. The Balaban J connectivity index is 1.85. The van der Waals surface area contributed by atoms with Crippen molar-refractivity contribution < 1.29 is 37.3 Å². The average Bonchev–Trinajstić information content (AvgIpc) is 2.93. The molecule has 0 saturated heterocycles. The summed E-state index contributed by atoms with van der Waals surface area (Å²) in [5.41, 5.74) is 0.478. The van der Waals surface area contributed by atoms with Crippen LogP contribution in [-0.4, -0.2) is 33.5 Å². The van der Waals surface area contributed by atoms with E-state index in [4.69, 9.17) is 14.2 Å². The number of benzene rings is 2. The quantitative estimate of drug-likeness (QED) is 0.874. The van der Waals surface area contributed by atoms with E-state index in [1.54, 1.807) is 0 Å². The molecule has 0 aliphatic carbocycles. The Morgan fingerprint density at radius 3 is 2.15 bits per heavy atom. The minimum atomic E-state index is -3.72. The molecule has 9 heteroatoms. The number of fused-ring (bicyclic) bond motifs is 1. The van der Waals surface area contributed by atoms with Gasteiger partial charge in [-0.25, -0.2) is 0 Å². The molecule has 138 valence electrons. The molecule has 1 aliphatic rings. The van der Waals surface area contributed by atoms with Crippen molar-refractivity contribution in [2.24, 2.45) is 0 Å². The molecule has 0 saturated carbocycles. The van der Waals surface area contributed by atoms with Gasteiger partial charge < -0.3 is 29.0 Å². The van der Waals surface area contributed by atoms with Crippen molar-refractivity contribution in [3.8, 4) is 28.7 Å². The lowest BCUT2D eigenvalue weighted by Gasteiger charge is -2.14. The van der Waals surface area contributed by atoms with Gasteiger partial charge in [0, 0.05) is 17.3 Å². The minimum absolute atomic E-state index is 0.110. The maximum absolute atomic E-state index is 13.1. The summed E-state index contributed by atoms with van der Waals surface area (Å²) in [6.45, 7) is 0. The molecule has 0 fully saturated rings. The van der Waals surface area contributed by atoms with Gasteiger partial charge in [-0.1, -0.05) is 0 Å². The van der Waals surface area contributed by atoms with Crippen LogP contribution in [-0.2, 0) is 0 Å². The Kier molecular flexibility index (Phi) is 4.45. The van der Waals surface area contributed by atoms with Crippen molar-refractivity contribution in [3.63, 3.8) is 0 Å². The molecule has 3 rings (SSSR count). The fourth-order valence-corrected chi connectivity index (χ4v) is 2.44. The molecule has 26 heavy (non-hydrogen) atoms. The predicted molar refractivity (Wildman–Crippen MR) is 86.7 cm³/mol. The van der Waals surface area contributed by atoms with E-state index in [-0.39, 0.29) is 22.7 Å². The summed E-state index contributed by atoms with van der Waals surface area (Å²) in [7, 11) is 4.30. The Hall–Kier alpha value is -3.23. The highest BCUT2D eigenvalue weighted by molar-refractivity contribution is 6.05. The molecule has 0 spiro atoms. The predicted octanol–water partition coefficient (Wildman–Crippen LogP) is 3.29. The third-order valence-corrected chi connectivity index (χ3v) is 3.59. The van der Waals surface area contributed by atoms with Crippen LogP contribution in [0, 0.1) is 0 Å². The summed E-state index contributed by atoms with van der Waals surface area (Å²) in [6.07, 6.45) is -3.72. The Bertz CT molecular complexity index is 830. The van der Waals surface area contributed by atoms with Crippen LogP contribution in [0.3, 0.4) is 0 Å². The van der Waals surface area contributed by atoms with Gasteiger partial charge in [-0.2, -0.15) is 0 Å². The standard InChI is InChI=1S/C17H15F2NO6/c1-22-13-6-9(7-14(23-2)15(13)24-3)16(21)20-10-4-5-11-12(8-10)26-17(18,19)25-11/h4-8H,1-3H3,(H,20,21). The molecule has 0 unspecified atom stereocenters. The number of anilines is 1. The number of amides is 1. The average molecular weight is 367 g/mol. The normalized spacial score (nSPS) is 13.9. The van der Waals surface area contributed by atoms with Gasteiger partial charge in [0.15, 0.2) is 23.0 Å². The summed E-state index contributed by atoms with van der Waals surface area (Å²) in [6, 6.07) is 6.88. The van der Waals surface area contributed by atoms with E-state index >= 15 is 0 Å². The van der Waals surface area contributed by atoms with Crippen LogP contribution in [0.1, 0.15) is 10.4 Å². The van der Waals surface area contributed by atoms with E-state index in [1.807, 2.05) is 0 Å². The van der Waals surface area contributed by atoms with Gasteiger partial charge in [-0.3, -0.25) is 4.79 Å². The molecule has 2 aromatic carbocycles. The first kappa shape index (κ1) is 17.6. The van der Waals surface area contributed by atoms with Crippen LogP contribution in [0.25, 0.3) is 0 Å². The molecular weight excluding hydrogens is 352 g/mol. The number of alkyl halides is 2. The zero-order valence-corrected chi connectivity index (χ0v) is 14.1. The first-order valence-corrected chi connectivity index (χ1v) is 7.38. The summed E-state index contributed by atoms with van der Waals surface area (Å²) in [4.78, 5) is 12.5. The van der Waals surface area contributed by atoms with Crippen molar-refractivity contribution >= 4 is 11.6 Å². The molecule has 0 aromatic heterocycles. The summed E-state index contributed by atoms with van der Waals surface area (Å²) in [5.74, 6) is 0.176. The first-order valence-electron chi connectivity index (χ1n) is 7.38. The van der Waals surface area contributed by atoms with Gasteiger partial charge in [-0.15, -0.1) is 8.78 Å². The van der Waals surface area contributed by atoms with Crippen molar-refractivity contribution in [1.82, 2.24) is 0 Å². The molecule has 1 aliphatic heterocycles. The molecule has 0 atom stereocenters. The van der Waals surface area contributed by atoms with Gasteiger partial charge in [-0.05, 0) is 24.3 Å². The van der Waals surface area contributed by atoms with Crippen LogP contribution in [0.4, 0.5) is 14.5 Å². The number of rotatable bonds is 5. The van der Waals surface area contributed by atoms with Crippen molar-refractivity contribution in [3.05, 3.63) is 35.9 Å². The van der Waals surface area contributed by atoms with E-state index in [1.165, 1.54) is 51.7 Å². The lowest BCUT2D eigenvalue weighted by molar-refractivity contribution is -0.286. The maximum Gasteiger partial charge on any atom is 0.586 e. The van der Waals surface area contributed by atoms with Crippen LogP contribution in [0.5, 0.6) is 28.7 Å². The third-order valence-electron chi connectivity index (χ3n) is 3.59. The van der Waals surface area contributed by atoms with Crippen molar-refractivity contribution in [1.29, 1.82) is 0 Å². The van der Waals surface area contributed by atoms with Crippen LogP contribution in [0.15, 0.2) is 30.3 Å². The number of methoxy groups -OCH3 is 3.